The Hall–Kier alpha value is -0.940. The lowest BCUT2D eigenvalue weighted by atomic mass is 10.3. The molecule has 0 spiro atoms. The molecule has 0 aliphatic rings. The second-order valence-electron chi connectivity index (χ2n) is 3.74. The summed E-state index contributed by atoms with van der Waals surface area (Å²) in [4.78, 5) is 0. The predicted octanol–water partition coefficient (Wildman–Crippen LogP) is 4.11. The molecule has 2 nitrogen and oxygen atoms in total. The van der Waals surface area contributed by atoms with Gasteiger partial charge >= 0.3 is 6.18 Å². The Bertz CT molecular complexity index is 357. The number of hydrogen-bond donors (Lipinski definition) is 1. The summed E-state index contributed by atoms with van der Waals surface area (Å²) in [5.74, 6) is 0. The average molecular weight is 282 g/mol. The molecule has 0 radical (unpaired) electrons. The van der Waals surface area contributed by atoms with Crippen LogP contribution in [0.2, 0.25) is 5.02 Å². The molecule has 1 aromatic carbocycles. The Morgan fingerprint density at radius 2 is 1.89 bits per heavy atom. The number of ether oxygens (including phenoxy) is 1. The third-order valence-electron chi connectivity index (χ3n) is 2.18. The summed E-state index contributed by atoms with van der Waals surface area (Å²) in [6, 6.07) is 7.25. The number of para-hydroxylation sites is 1. The van der Waals surface area contributed by atoms with Crippen molar-refractivity contribution >= 4 is 17.3 Å². The summed E-state index contributed by atoms with van der Waals surface area (Å²) in [5, 5.41) is 3.65. The van der Waals surface area contributed by atoms with Gasteiger partial charge in [-0.1, -0.05) is 23.7 Å². The van der Waals surface area contributed by atoms with Crippen molar-refractivity contribution in [2.24, 2.45) is 0 Å². The fourth-order valence-corrected chi connectivity index (χ4v) is 1.54. The van der Waals surface area contributed by atoms with Crippen molar-refractivity contribution in [3.63, 3.8) is 0 Å². The van der Waals surface area contributed by atoms with E-state index in [0.717, 1.165) is 5.69 Å². The number of benzene rings is 1. The second kappa shape index (κ2) is 7.48. The molecule has 6 heteroatoms. The molecule has 0 amide bonds. The Labute approximate surface area is 109 Å². The van der Waals surface area contributed by atoms with Crippen LogP contribution in [0.25, 0.3) is 0 Å². The van der Waals surface area contributed by atoms with Crippen LogP contribution in [0, 0.1) is 0 Å². The van der Waals surface area contributed by atoms with E-state index in [4.69, 9.17) is 16.3 Å². The molecular formula is C12H15ClF3NO. The molecule has 0 bridgehead atoms. The van der Waals surface area contributed by atoms with E-state index in [0.29, 0.717) is 18.2 Å². The van der Waals surface area contributed by atoms with E-state index in [1.807, 2.05) is 18.2 Å². The first kappa shape index (κ1) is 15.1. The molecule has 0 heterocycles. The molecule has 1 rings (SSSR count). The van der Waals surface area contributed by atoms with E-state index in [2.05, 4.69) is 5.32 Å². The molecule has 0 saturated heterocycles. The van der Waals surface area contributed by atoms with Gasteiger partial charge in [0.05, 0.1) is 17.3 Å². The standard InChI is InChI=1S/C12H15ClF3NO/c13-10-4-1-2-5-11(10)17-7-9-18-8-3-6-12(14,15)16/h1-2,4-5,17H,3,6-9H2. The highest BCUT2D eigenvalue weighted by Gasteiger charge is 2.25. The zero-order valence-electron chi connectivity index (χ0n) is 9.77. The quantitative estimate of drug-likeness (QED) is 0.760. The van der Waals surface area contributed by atoms with Gasteiger partial charge in [0.1, 0.15) is 0 Å². The van der Waals surface area contributed by atoms with Gasteiger partial charge in [0.25, 0.3) is 0 Å². The zero-order chi connectivity index (χ0) is 13.4. The molecule has 0 aromatic heterocycles. The maximum atomic E-state index is 11.8. The molecule has 1 aromatic rings. The number of hydrogen-bond acceptors (Lipinski definition) is 2. The maximum Gasteiger partial charge on any atom is 0.389 e. The molecule has 0 fully saturated rings. The van der Waals surface area contributed by atoms with Crippen LogP contribution in [0.15, 0.2) is 24.3 Å². The highest BCUT2D eigenvalue weighted by molar-refractivity contribution is 6.33. The number of halogens is 4. The SMILES string of the molecule is FC(F)(F)CCCOCCNc1ccccc1Cl. The van der Waals surface area contributed by atoms with Gasteiger partial charge in [-0.15, -0.1) is 0 Å². The van der Waals surface area contributed by atoms with Crippen LogP contribution in [0.1, 0.15) is 12.8 Å². The van der Waals surface area contributed by atoms with Gasteiger partial charge in [-0.3, -0.25) is 0 Å². The van der Waals surface area contributed by atoms with E-state index in [-0.39, 0.29) is 13.0 Å². The Morgan fingerprint density at radius 1 is 1.17 bits per heavy atom. The Kier molecular flexibility index (Phi) is 6.29. The van der Waals surface area contributed by atoms with E-state index >= 15 is 0 Å². The minimum Gasteiger partial charge on any atom is -0.382 e. The van der Waals surface area contributed by atoms with Gasteiger partial charge in [-0.05, 0) is 18.6 Å². The first-order valence-electron chi connectivity index (χ1n) is 5.62. The van der Waals surface area contributed by atoms with E-state index in [1.54, 1.807) is 6.07 Å². The van der Waals surface area contributed by atoms with Crippen LogP contribution in [0.4, 0.5) is 18.9 Å². The topological polar surface area (TPSA) is 21.3 Å². The maximum absolute atomic E-state index is 11.8. The van der Waals surface area contributed by atoms with Crippen molar-refractivity contribution in [1.29, 1.82) is 0 Å². The lowest BCUT2D eigenvalue weighted by Crippen LogP contribution is -2.12. The summed E-state index contributed by atoms with van der Waals surface area (Å²) >= 11 is 5.91. The monoisotopic (exact) mass is 281 g/mol. The average Bonchev–Trinajstić information content (AvgIpc) is 2.28. The van der Waals surface area contributed by atoms with Gasteiger partial charge < -0.3 is 10.1 Å². The summed E-state index contributed by atoms with van der Waals surface area (Å²) in [6.45, 7) is 0.975. The Morgan fingerprint density at radius 3 is 2.56 bits per heavy atom. The van der Waals surface area contributed by atoms with Crippen LogP contribution < -0.4 is 5.32 Å². The minimum atomic E-state index is -4.10. The summed E-state index contributed by atoms with van der Waals surface area (Å²) < 4.78 is 40.5. The minimum absolute atomic E-state index is 0.00437. The Balaban J connectivity index is 2.04. The largest absolute Gasteiger partial charge is 0.389 e. The molecule has 0 atom stereocenters. The summed E-state index contributed by atoms with van der Waals surface area (Å²) in [6.07, 6.45) is -4.90. The molecule has 0 aliphatic carbocycles. The van der Waals surface area contributed by atoms with Crippen LogP contribution in [-0.4, -0.2) is 25.9 Å². The van der Waals surface area contributed by atoms with E-state index in [1.165, 1.54) is 0 Å². The zero-order valence-corrected chi connectivity index (χ0v) is 10.5. The first-order valence-corrected chi connectivity index (χ1v) is 6.00. The summed E-state index contributed by atoms with van der Waals surface area (Å²) in [7, 11) is 0. The molecule has 0 saturated carbocycles. The van der Waals surface area contributed by atoms with Crippen LogP contribution in [0.5, 0.6) is 0 Å². The van der Waals surface area contributed by atoms with Crippen LogP contribution in [-0.2, 0) is 4.74 Å². The van der Waals surface area contributed by atoms with Crippen molar-refractivity contribution in [2.45, 2.75) is 19.0 Å². The lowest BCUT2D eigenvalue weighted by Gasteiger charge is -2.09. The number of rotatable bonds is 7. The molecule has 0 aliphatic heterocycles. The number of alkyl halides is 3. The highest BCUT2D eigenvalue weighted by Crippen LogP contribution is 2.21. The van der Waals surface area contributed by atoms with E-state index in [9.17, 15) is 13.2 Å². The normalized spacial score (nSPS) is 11.6. The number of anilines is 1. The van der Waals surface area contributed by atoms with Gasteiger partial charge in [0.2, 0.25) is 0 Å². The van der Waals surface area contributed by atoms with Crippen molar-refractivity contribution in [1.82, 2.24) is 0 Å². The van der Waals surface area contributed by atoms with Gasteiger partial charge in [-0.2, -0.15) is 13.2 Å². The smallest absolute Gasteiger partial charge is 0.382 e. The molecule has 0 unspecified atom stereocenters. The van der Waals surface area contributed by atoms with E-state index < -0.39 is 12.6 Å². The van der Waals surface area contributed by atoms with Crippen LogP contribution >= 0.6 is 11.6 Å². The van der Waals surface area contributed by atoms with Gasteiger partial charge in [0.15, 0.2) is 0 Å². The van der Waals surface area contributed by atoms with Crippen molar-refractivity contribution in [3.05, 3.63) is 29.3 Å². The van der Waals surface area contributed by atoms with Crippen LogP contribution in [0.3, 0.4) is 0 Å². The first-order chi connectivity index (χ1) is 8.49. The third kappa shape index (κ3) is 6.71. The lowest BCUT2D eigenvalue weighted by molar-refractivity contribution is -0.137. The van der Waals surface area contributed by atoms with Crippen molar-refractivity contribution < 1.29 is 17.9 Å². The summed E-state index contributed by atoms with van der Waals surface area (Å²) in [5.41, 5.74) is 0.790. The van der Waals surface area contributed by atoms with Crippen molar-refractivity contribution in [2.75, 3.05) is 25.1 Å². The number of nitrogens with one attached hydrogen (secondary N) is 1. The van der Waals surface area contributed by atoms with Crippen molar-refractivity contribution in [3.8, 4) is 0 Å². The predicted molar refractivity (Wildman–Crippen MR) is 66.0 cm³/mol. The molecule has 102 valence electrons. The highest BCUT2D eigenvalue weighted by atomic mass is 35.5. The fourth-order valence-electron chi connectivity index (χ4n) is 1.34. The van der Waals surface area contributed by atoms with Gasteiger partial charge in [0, 0.05) is 19.6 Å². The van der Waals surface area contributed by atoms with Gasteiger partial charge in [-0.25, -0.2) is 0 Å². The molecule has 1 N–H and O–H groups in total. The third-order valence-corrected chi connectivity index (χ3v) is 2.51. The molecular weight excluding hydrogens is 267 g/mol. The second-order valence-corrected chi connectivity index (χ2v) is 4.14. The molecule has 18 heavy (non-hydrogen) atoms. The fraction of sp³-hybridized carbons (Fsp3) is 0.500.